The average Bonchev–Trinajstić information content (AvgIpc) is 3.14. The van der Waals surface area contributed by atoms with Crippen LogP contribution in [0.4, 0.5) is 4.48 Å². The third-order valence-electron chi connectivity index (χ3n) is 5.00. The summed E-state index contributed by atoms with van der Waals surface area (Å²) in [5.74, 6) is -1.67. The summed E-state index contributed by atoms with van der Waals surface area (Å²) in [6.45, 7) is 1.69. The lowest BCUT2D eigenvalue weighted by molar-refractivity contribution is 0.0850. The number of phenols is 2. The van der Waals surface area contributed by atoms with E-state index in [2.05, 4.69) is 10.1 Å². The molecule has 0 unspecified atom stereocenters. The van der Waals surface area contributed by atoms with Gasteiger partial charge in [0, 0.05) is 19.2 Å². The fourth-order valence-corrected chi connectivity index (χ4v) is 3.69. The molecule has 3 aromatic rings. The molecule has 4 rings (SSSR count). The molecule has 1 aliphatic heterocycles. The van der Waals surface area contributed by atoms with E-state index in [0.29, 0.717) is 5.56 Å². The van der Waals surface area contributed by atoms with E-state index in [1.807, 2.05) is 19.2 Å². The summed E-state index contributed by atoms with van der Waals surface area (Å²) in [5.41, 5.74) is 3.99. The van der Waals surface area contributed by atoms with Crippen LogP contribution in [0.2, 0.25) is 5.02 Å². The Morgan fingerprint density at radius 3 is 2.79 bits per heavy atom. The number of hydrogen-bond donors (Lipinski definition) is 3. The van der Waals surface area contributed by atoms with Gasteiger partial charge in [0.05, 0.1) is 16.1 Å². The van der Waals surface area contributed by atoms with Crippen molar-refractivity contribution in [1.82, 2.24) is 15.6 Å². The lowest BCUT2D eigenvalue weighted by Crippen LogP contribution is -2.26. The highest BCUT2D eigenvalue weighted by atomic mass is 35.5. The van der Waals surface area contributed by atoms with Crippen LogP contribution in [-0.2, 0) is 13.0 Å². The molecular weight excluding hydrogens is 401 g/mol. The Kier molecular flexibility index (Phi) is 4.89. The number of hydrogen-bond acceptors (Lipinski definition) is 6. The maximum Gasteiger partial charge on any atom is 0.301 e. The largest absolute Gasteiger partial charge is 0.507 e. The summed E-state index contributed by atoms with van der Waals surface area (Å²) in [4.78, 5) is 14.2. The Balaban J connectivity index is 1.92. The molecule has 29 heavy (non-hydrogen) atoms. The number of nitrogens with one attached hydrogen (secondary N) is 1. The topological polar surface area (TPSA) is 98.8 Å². The number of aromatic nitrogens is 1. The van der Waals surface area contributed by atoms with Crippen LogP contribution in [-0.4, -0.2) is 39.8 Å². The van der Waals surface area contributed by atoms with Crippen molar-refractivity contribution < 1.29 is 24.0 Å². The van der Waals surface area contributed by atoms with E-state index in [4.69, 9.17) is 16.1 Å². The number of aromatic hydroxyl groups is 2. The third-order valence-corrected chi connectivity index (χ3v) is 5.30. The van der Waals surface area contributed by atoms with Gasteiger partial charge in [-0.3, -0.25) is 4.79 Å². The van der Waals surface area contributed by atoms with Crippen molar-refractivity contribution in [3.8, 4) is 33.9 Å². The van der Waals surface area contributed by atoms with Gasteiger partial charge in [0.1, 0.15) is 11.5 Å². The van der Waals surface area contributed by atoms with Crippen molar-refractivity contribution in [2.24, 2.45) is 0 Å². The number of halogens is 2. The van der Waals surface area contributed by atoms with Crippen LogP contribution in [0.15, 0.2) is 34.9 Å². The molecule has 1 amide bonds. The summed E-state index contributed by atoms with van der Waals surface area (Å²) >= 11 is 5.97. The van der Waals surface area contributed by atoms with Crippen molar-refractivity contribution in [2.45, 2.75) is 13.0 Å². The summed E-state index contributed by atoms with van der Waals surface area (Å²) in [5, 5.41) is 23.6. The number of fused-ring (bicyclic) bond motifs is 1. The predicted molar refractivity (Wildman–Crippen MR) is 104 cm³/mol. The normalized spacial score (nSPS) is 13.9. The van der Waals surface area contributed by atoms with Gasteiger partial charge in [-0.25, -0.2) is 0 Å². The highest BCUT2D eigenvalue weighted by Crippen LogP contribution is 2.43. The molecule has 7 nitrogen and oxygen atoms in total. The Morgan fingerprint density at radius 1 is 1.24 bits per heavy atom. The summed E-state index contributed by atoms with van der Waals surface area (Å²) in [6, 6.07) is 7.99. The van der Waals surface area contributed by atoms with Gasteiger partial charge in [-0.2, -0.15) is 5.54 Å². The molecule has 0 saturated carbocycles. The van der Waals surface area contributed by atoms with Gasteiger partial charge < -0.3 is 19.6 Å². The SMILES string of the molecule is CN1CCc2cc(-c3c(C(=O)NF)noc3-c3cc(Cl)c(O)cc3O)ccc2C1. The van der Waals surface area contributed by atoms with Gasteiger partial charge in [-0.15, -0.1) is 0 Å². The zero-order valence-electron chi connectivity index (χ0n) is 15.4. The molecule has 0 spiro atoms. The Labute approximate surface area is 170 Å². The van der Waals surface area contributed by atoms with Gasteiger partial charge in [0.25, 0.3) is 0 Å². The highest BCUT2D eigenvalue weighted by molar-refractivity contribution is 6.32. The van der Waals surface area contributed by atoms with Crippen molar-refractivity contribution in [3.05, 3.63) is 52.2 Å². The van der Waals surface area contributed by atoms with Gasteiger partial charge in [-0.05, 0) is 36.2 Å². The van der Waals surface area contributed by atoms with E-state index in [-0.39, 0.29) is 39.1 Å². The number of amides is 1. The van der Waals surface area contributed by atoms with Gasteiger partial charge in [0.15, 0.2) is 11.5 Å². The van der Waals surface area contributed by atoms with Gasteiger partial charge in [-0.1, -0.05) is 39.4 Å². The van der Waals surface area contributed by atoms with Crippen LogP contribution in [0.3, 0.4) is 0 Å². The standard InChI is InChI=1S/C20H17ClFN3O4/c1-25-5-4-10-6-11(2-3-12(10)9-25)17-18(20(28)23-22)24-29-19(17)13-7-14(21)16(27)8-15(13)26/h2-3,6-8,26-27H,4-5,9H2,1H3,(H,23,28). The minimum Gasteiger partial charge on any atom is -0.507 e. The lowest BCUT2D eigenvalue weighted by Gasteiger charge is -2.25. The van der Waals surface area contributed by atoms with Crippen LogP contribution in [0.5, 0.6) is 11.5 Å². The summed E-state index contributed by atoms with van der Waals surface area (Å²) in [7, 11) is 2.04. The first-order chi connectivity index (χ1) is 13.9. The number of nitrogens with zero attached hydrogens (tertiary/aromatic N) is 2. The summed E-state index contributed by atoms with van der Waals surface area (Å²) in [6.07, 6.45) is 0.821. The van der Waals surface area contributed by atoms with Gasteiger partial charge >= 0.3 is 5.91 Å². The maximum atomic E-state index is 12.9. The van der Waals surface area contributed by atoms with Crippen LogP contribution in [0.25, 0.3) is 22.5 Å². The number of carbonyl (C=O) groups is 1. The first kappa shape index (κ1) is 19.2. The van der Waals surface area contributed by atoms with E-state index in [1.165, 1.54) is 6.07 Å². The number of likely N-dealkylation sites (N-methyl/N-ethyl adjacent to an activating group) is 1. The van der Waals surface area contributed by atoms with Crippen molar-refractivity contribution >= 4 is 17.5 Å². The minimum atomic E-state index is -1.07. The molecule has 2 heterocycles. The Hall–Kier alpha value is -3.10. The number of carbonyl (C=O) groups excluding carboxylic acids is 1. The predicted octanol–water partition coefficient (Wildman–Crippen LogP) is 3.68. The average molecular weight is 418 g/mol. The van der Waals surface area contributed by atoms with Crippen molar-refractivity contribution in [3.63, 3.8) is 0 Å². The van der Waals surface area contributed by atoms with E-state index in [1.54, 1.807) is 6.07 Å². The van der Waals surface area contributed by atoms with Gasteiger partial charge in [0.2, 0.25) is 0 Å². The third kappa shape index (κ3) is 3.41. The molecule has 3 N–H and O–H groups in total. The molecule has 150 valence electrons. The first-order valence-corrected chi connectivity index (χ1v) is 9.20. The van der Waals surface area contributed by atoms with E-state index in [9.17, 15) is 19.5 Å². The second-order valence-electron chi connectivity index (χ2n) is 6.95. The molecule has 2 aromatic carbocycles. The van der Waals surface area contributed by atoms with E-state index in [0.717, 1.165) is 42.2 Å². The fourth-order valence-electron chi connectivity index (χ4n) is 3.52. The zero-order chi connectivity index (χ0) is 20.7. The van der Waals surface area contributed by atoms with Crippen molar-refractivity contribution in [1.29, 1.82) is 0 Å². The molecule has 0 fully saturated rings. The number of rotatable bonds is 3. The van der Waals surface area contributed by atoms with E-state index >= 15 is 0 Å². The zero-order valence-corrected chi connectivity index (χ0v) is 16.1. The maximum absolute atomic E-state index is 12.9. The molecular formula is C20H17ClFN3O4. The molecule has 0 radical (unpaired) electrons. The fraction of sp³-hybridized carbons (Fsp3) is 0.200. The van der Waals surface area contributed by atoms with E-state index < -0.39 is 5.91 Å². The van der Waals surface area contributed by atoms with Crippen LogP contribution in [0.1, 0.15) is 21.6 Å². The van der Waals surface area contributed by atoms with Crippen LogP contribution >= 0.6 is 11.6 Å². The molecule has 9 heteroatoms. The number of benzene rings is 2. The highest BCUT2D eigenvalue weighted by Gasteiger charge is 2.27. The molecule has 1 aromatic heterocycles. The van der Waals surface area contributed by atoms with Crippen molar-refractivity contribution in [2.75, 3.05) is 13.6 Å². The minimum absolute atomic E-state index is 0.0230. The van der Waals surface area contributed by atoms with Crippen LogP contribution in [0, 0.1) is 0 Å². The second kappa shape index (κ2) is 7.38. The second-order valence-corrected chi connectivity index (χ2v) is 7.36. The lowest BCUT2D eigenvalue weighted by atomic mass is 9.92. The Morgan fingerprint density at radius 2 is 2.03 bits per heavy atom. The Bertz CT molecular complexity index is 1120. The molecule has 0 bridgehead atoms. The molecule has 0 saturated heterocycles. The number of phenolic OH excluding ortho intramolecular Hbond substituents is 2. The summed E-state index contributed by atoms with van der Waals surface area (Å²) < 4.78 is 18.2. The molecule has 1 aliphatic rings. The first-order valence-electron chi connectivity index (χ1n) is 8.82. The monoisotopic (exact) mass is 417 g/mol. The molecule has 0 aliphatic carbocycles. The quantitative estimate of drug-likeness (QED) is 0.562. The molecule has 0 atom stereocenters. The van der Waals surface area contributed by atoms with Crippen LogP contribution < -0.4 is 5.54 Å². The smallest absolute Gasteiger partial charge is 0.301 e.